The van der Waals surface area contributed by atoms with Crippen molar-refractivity contribution in [1.82, 2.24) is 0 Å². The molecule has 1 N–H and O–H groups in total. The van der Waals surface area contributed by atoms with Gasteiger partial charge in [0.05, 0.1) is 0 Å². The summed E-state index contributed by atoms with van der Waals surface area (Å²) in [5.74, 6) is 0.311. The van der Waals surface area contributed by atoms with Crippen LogP contribution in [-0.4, -0.2) is 5.11 Å². The van der Waals surface area contributed by atoms with E-state index in [1.807, 2.05) is 0 Å². The Kier molecular flexibility index (Phi) is 2.50. The lowest BCUT2D eigenvalue weighted by atomic mass is 9.83. The fourth-order valence-corrected chi connectivity index (χ4v) is 2.47. The van der Waals surface area contributed by atoms with Gasteiger partial charge in [0.25, 0.3) is 0 Å². The topological polar surface area (TPSA) is 20.2 Å². The van der Waals surface area contributed by atoms with Crippen LogP contribution in [0.15, 0.2) is 12.1 Å². The van der Waals surface area contributed by atoms with Crippen LogP contribution in [0.1, 0.15) is 51.7 Å². The summed E-state index contributed by atoms with van der Waals surface area (Å²) in [4.78, 5) is 0. The first kappa shape index (κ1) is 11.8. The Balaban J connectivity index is 2.56. The van der Waals surface area contributed by atoms with Crippen LogP contribution in [-0.2, 0) is 10.8 Å². The number of rotatable bonds is 1. The van der Waals surface area contributed by atoms with E-state index >= 15 is 0 Å². The lowest BCUT2D eigenvalue weighted by Crippen LogP contribution is -2.13. The first-order valence-corrected chi connectivity index (χ1v) is 6.15. The van der Waals surface area contributed by atoms with Crippen molar-refractivity contribution < 1.29 is 5.11 Å². The van der Waals surface area contributed by atoms with Crippen LogP contribution in [0.4, 0.5) is 0 Å². The van der Waals surface area contributed by atoms with Crippen molar-refractivity contribution in [2.24, 2.45) is 0 Å². The minimum Gasteiger partial charge on any atom is -0.508 e. The molecule has 1 saturated carbocycles. The van der Waals surface area contributed by atoms with Crippen molar-refractivity contribution in [2.75, 3.05) is 0 Å². The molecule has 2 heteroatoms. The van der Waals surface area contributed by atoms with Crippen molar-refractivity contribution in [1.29, 1.82) is 0 Å². The summed E-state index contributed by atoms with van der Waals surface area (Å²) in [6, 6.07) is 3.78. The average Bonchev–Trinajstić information content (AvgIpc) is 2.81. The van der Waals surface area contributed by atoms with E-state index in [4.69, 9.17) is 11.6 Å². The quantitative estimate of drug-likeness (QED) is 0.769. The fourth-order valence-electron chi connectivity index (χ4n) is 2.08. The van der Waals surface area contributed by atoms with Gasteiger partial charge in [-0.1, -0.05) is 39.3 Å². The number of halogens is 1. The van der Waals surface area contributed by atoms with Crippen molar-refractivity contribution in [3.63, 3.8) is 0 Å². The molecule has 88 valence electrons. The second kappa shape index (κ2) is 3.40. The average molecular weight is 239 g/mol. The first-order valence-electron chi connectivity index (χ1n) is 5.77. The Bertz CT molecular complexity index is 399. The molecular formula is C14H19ClO. The fraction of sp³-hybridized carbons (Fsp3) is 0.571. The third kappa shape index (κ3) is 1.93. The van der Waals surface area contributed by atoms with Gasteiger partial charge in [-0.3, -0.25) is 0 Å². The molecule has 0 amide bonds. The van der Waals surface area contributed by atoms with E-state index in [0.717, 1.165) is 5.56 Å². The number of phenolic OH excluding ortho intramolecular Hbond substituents is 1. The van der Waals surface area contributed by atoms with Gasteiger partial charge in [0.2, 0.25) is 0 Å². The Hall–Kier alpha value is -0.690. The van der Waals surface area contributed by atoms with E-state index < -0.39 is 0 Å². The molecule has 1 aromatic carbocycles. The molecule has 0 heterocycles. The molecule has 0 radical (unpaired) electrons. The van der Waals surface area contributed by atoms with Crippen molar-refractivity contribution >= 4 is 11.6 Å². The van der Waals surface area contributed by atoms with Gasteiger partial charge in [-0.15, -0.1) is 0 Å². The highest BCUT2D eigenvalue weighted by atomic mass is 35.5. The van der Waals surface area contributed by atoms with Crippen LogP contribution in [0.3, 0.4) is 0 Å². The minimum absolute atomic E-state index is 0.0470. The third-order valence-corrected chi connectivity index (χ3v) is 3.86. The first-order chi connectivity index (χ1) is 7.24. The van der Waals surface area contributed by atoms with Gasteiger partial charge in [-0.2, -0.15) is 0 Å². The molecule has 1 aromatic rings. The molecule has 1 aliphatic rings. The molecule has 1 fully saturated rings. The smallest absolute Gasteiger partial charge is 0.120 e. The molecule has 16 heavy (non-hydrogen) atoms. The molecule has 0 aliphatic heterocycles. The van der Waals surface area contributed by atoms with Crippen LogP contribution in [0.5, 0.6) is 5.75 Å². The normalized spacial score (nSPS) is 18.6. The molecule has 0 unspecified atom stereocenters. The summed E-state index contributed by atoms with van der Waals surface area (Å²) >= 11 is 6.22. The van der Waals surface area contributed by atoms with E-state index in [2.05, 4.69) is 33.8 Å². The van der Waals surface area contributed by atoms with Crippen LogP contribution in [0.25, 0.3) is 0 Å². The Labute approximate surface area is 102 Å². The second-order valence-corrected chi connectivity index (χ2v) is 6.57. The summed E-state index contributed by atoms with van der Waals surface area (Å²) < 4.78 is 0. The number of benzene rings is 1. The molecule has 0 atom stereocenters. The maximum atomic E-state index is 9.95. The maximum Gasteiger partial charge on any atom is 0.120 e. The van der Waals surface area contributed by atoms with Crippen LogP contribution < -0.4 is 0 Å². The third-order valence-electron chi connectivity index (χ3n) is 3.54. The van der Waals surface area contributed by atoms with Gasteiger partial charge < -0.3 is 5.11 Å². The monoisotopic (exact) mass is 238 g/mol. The van der Waals surface area contributed by atoms with Crippen molar-refractivity contribution in [3.05, 3.63) is 28.3 Å². The number of aromatic hydroxyl groups is 1. The molecule has 2 rings (SSSR count). The second-order valence-electron chi connectivity index (χ2n) is 6.16. The molecule has 0 aromatic heterocycles. The van der Waals surface area contributed by atoms with E-state index in [1.54, 1.807) is 6.07 Å². The predicted octanol–water partition coefficient (Wildman–Crippen LogP) is 4.39. The van der Waals surface area contributed by atoms with E-state index in [-0.39, 0.29) is 10.8 Å². The van der Waals surface area contributed by atoms with Gasteiger partial charge in [0.15, 0.2) is 0 Å². The summed E-state index contributed by atoms with van der Waals surface area (Å²) in [7, 11) is 0. The Morgan fingerprint density at radius 1 is 1.25 bits per heavy atom. The van der Waals surface area contributed by atoms with E-state index in [0.29, 0.717) is 10.8 Å². The minimum atomic E-state index is -0.0470. The van der Waals surface area contributed by atoms with Crippen LogP contribution in [0.2, 0.25) is 5.02 Å². The van der Waals surface area contributed by atoms with Gasteiger partial charge in [0, 0.05) is 5.02 Å². The molecule has 0 spiro atoms. The molecular weight excluding hydrogens is 220 g/mol. The van der Waals surface area contributed by atoms with Gasteiger partial charge in [-0.05, 0) is 46.9 Å². The number of phenols is 1. The Morgan fingerprint density at radius 3 is 2.25 bits per heavy atom. The zero-order chi connectivity index (χ0) is 12.1. The van der Waals surface area contributed by atoms with E-state index in [1.165, 1.54) is 18.4 Å². The Morgan fingerprint density at radius 2 is 1.81 bits per heavy atom. The van der Waals surface area contributed by atoms with Gasteiger partial charge in [0.1, 0.15) is 5.75 Å². The molecule has 0 bridgehead atoms. The summed E-state index contributed by atoms with van der Waals surface area (Å²) in [6.45, 7) is 8.55. The summed E-state index contributed by atoms with van der Waals surface area (Å²) in [6.07, 6.45) is 2.39. The standard InChI is InChI=1S/C14H19ClO/c1-13(2,3)10-7-9(14(4)5-6-14)11(15)8-12(10)16/h7-8,16H,5-6H2,1-4H3. The highest BCUT2D eigenvalue weighted by molar-refractivity contribution is 6.31. The van der Waals surface area contributed by atoms with Gasteiger partial charge >= 0.3 is 0 Å². The zero-order valence-electron chi connectivity index (χ0n) is 10.4. The summed E-state index contributed by atoms with van der Waals surface area (Å²) in [5.41, 5.74) is 2.37. The van der Waals surface area contributed by atoms with Crippen LogP contribution >= 0.6 is 11.6 Å². The van der Waals surface area contributed by atoms with Crippen molar-refractivity contribution in [2.45, 2.75) is 51.4 Å². The molecule has 1 aliphatic carbocycles. The highest BCUT2D eigenvalue weighted by Gasteiger charge is 2.41. The number of hydrogen-bond donors (Lipinski definition) is 1. The zero-order valence-corrected chi connectivity index (χ0v) is 11.2. The lowest BCUT2D eigenvalue weighted by molar-refractivity contribution is 0.446. The van der Waals surface area contributed by atoms with E-state index in [9.17, 15) is 5.11 Å². The highest BCUT2D eigenvalue weighted by Crippen LogP contribution is 2.51. The van der Waals surface area contributed by atoms with Crippen LogP contribution in [0, 0.1) is 0 Å². The van der Waals surface area contributed by atoms with Gasteiger partial charge in [-0.25, -0.2) is 0 Å². The largest absolute Gasteiger partial charge is 0.508 e. The molecule has 0 saturated heterocycles. The molecule has 1 nitrogen and oxygen atoms in total. The summed E-state index contributed by atoms with van der Waals surface area (Å²) in [5, 5.41) is 10.7. The SMILES string of the molecule is CC(C)(C)c1cc(C2(C)CC2)c(Cl)cc1O. The lowest BCUT2D eigenvalue weighted by Gasteiger charge is -2.23. The number of hydrogen-bond acceptors (Lipinski definition) is 1. The maximum absolute atomic E-state index is 9.95. The predicted molar refractivity (Wildman–Crippen MR) is 68.4 cm³/mol. The van der Waals surface area contributed by atoms with Crippen molar-refractivity contribution in [3.8, 4) is 5.75 Å².